The highest BCUT2D eigenvalue weighted by molar-refractivity contribution is 7.90. The van der Waals surface area contributed by atoms with Gasteiger partial charge in [-0.2, -0.15) is 0 Å². The first-order valence-corrected chi connectivity index (χ1v) is 9.61. The van der Waals surface area contributed by atoms with E-state index in [0.717, 1.165) is 9.54 Å². The average molecular weight is 372 g/mol. The third-order valence-corrected chi connectivity index (χ3v) is 6.11. The normalized spacial score (nSPS) is 11.8. The van der Waals surface area contributed by atoms with Gasteiger partial charge in [0.1, 0.15) is 0 Å². The number of anilines is 2. The van der Waals surface area contributed by atoms with E-state index >= 15 is 0 Å². The van der Waals surface area contributed by atoms with Crippen molar-refractivity contribution in [2.45, 2.75) is 26.0 Å². The Labute approximate surface area is 151 Å². The third kappa shape index (κ3) is 3.15. The van der Waals surface area contributed by atoms with Crippen molar-refractivity contribution in [2.24, 2.45) is 0 Å². The van der Waals surface area contributed by atoms with Gasteiger partial charge in [-0.1, -0.05) is 17.7 Å². The van der Waals surface area contributed by atoms with Crippen LogP contribution in [0.4, 0.5) is 11.6 Å². The molecule has 3 aromatic rings. The predicted molar refractivity (Wildman–Crippen MR) is 103 cm³/mol. The molecule has 26 heavy (non-hydrogen) atoms. The van der Waals surface area contributed by atoms with Crippen LogP contribution in [-0.4, -0.2) is 28.5 Å². The molecule has 2 aromatic carbocycles. The highest BCUT2D eigenvalue weighted by Gasteiger charge is 2.24. The lowest BCUT2D eigenvalue weighted by Gasteiger charge is -2.12. The zero-order chi connectivity index (χ0) is 19.1. The Morgan fingerprint density at radius 3 is 2.58 bits per heavy atom. The van der Waals surface area contributed by atoms with Crippen molar-refractivity contribution in [1.29, 1.82) is 0 Å². The maximum absolute atomic E-state index is 12.6. The fourth-order valence-electron chi connectivity index (χ4n) is 2.62. The molecule has 0 atom stereocenters. The summed E-state index contributed by atoms with van der Waals surface area (Å²) in [7, 11) is -3.68. The number of nitrogens with zero attached hydrogens (tertiary/aromatic N) is 2. The monoisotopic (exact) mass is 372 g/mol. The minimum Gasteiger partial charge on any atom is -0.368 e. The maximum Gasteiger partial charge on any atom is 0.255 e. The van der Waals surface area contributed by atoms with Crippen molar-refractivity contribution in [3.63, 3.8) is 0 Å². The van der Waals surface area contributed by atoms with Gasteiger partial charge in [0.15, 0.2) is 0 Å². The summed E-state index contributed by atoms with van der Waals surface area (Å²) >= 11 is 0. The van der Waals surface area contributed by atoms with Crippen LogP contribution in [-0.2, 0) is 10.0 Å². The second kappa shape index (κ2) is 6.45. The van der Waals surface area contributed by atoms with Crippen LogP contribution in [0.1, 0.15) is 29.8 Å². The van der Waals surface area contributed by atoms with Crippen molar-refractivity contribution >= 4 is 38.6 Å². The predicted octanol–water partition coefficient (Wildman–Crippen LogP) is 2.77. The number of rotatable bonds is 4. The number of carbonyl (C=O) groups excluding carboxylic acids is 1. The second-order valence-electron chi connectivity index (χ2n) is 6.36. The third-order valence-electron chi connectivity index (χ3n) is 4.03. The molecule has 1 heterocycles. The number of hydrogen-bond donors (Lipinski definition) is 2. The molecule has 0 aliphatic rings. The largest absolute Gasteiger partial charge is 0.368 e. The molecule has 0 aliphatic heterocycles. The summed E-state index contributed by atoms with van der Waals surface area (Å²) in [6.45, 7) is 5.05. The summed E-state index contributed by atoms with van der Waals surface area (Å²) in [6.07, 6.45) is 0. The van der Waals surface area contributed by atoms with Crippen molar-refractivity contribution in [3.05, 3.63) is 53.6 Å². The molecule has 0 bridgehead atoms. The first kappa shape index (κ1) is 17.9. The van der Waals surface area contributed by atoms with Gasteiger partial charge in [-0.05, 0) is 51.1 Å². The van der Waals surface area contributed by atoms with Crippen LogP contribution in [0.3, 0.4) is 0 Å². The Hall–Kier alpha value is -2.87. The van der Waals surface area contributed by atoms with Gasteiger partial charge in [0.2, 0.25) is 16.0 Å². The summed E-state index contributed by atoms with van der Waals surface area (Å²) in [5, 5.41) is 2.12. The summed E-state index contributed by atoms with van der Waals surface area (Å²) in [4.78, 5) is 16.5. The second-order valence-corrected chi connectivity index (χ2v) is 8.69. The Morgan fingerprint density at radius 1 is 1.19 bits per heavy atom. The van der Waals surface area contributed by atoms with E-state index in [1.807, 2.05) is 13.0 Å². The number of aromatic nitrogens is 2. The van der Waals surface area contributed by atoms with Crippen molar-refractivity contribution in [3.8, 4) is 0 Å². The summed E-state index contributed by atoms with van der Waals surface area (Å²) < 4.78 is 26.2. The Bertz CT molecular complexity index is 1100. The SMILES string of the molecule is Cc1cccc(C(=O)Nc2ccc3nc(N)n(S(=O)(=O)C(C)C)c3c2)c1. The fourth-order valence-corrected chi connectivity index (χ4v) is 3.76. The van der Waals surface area contributed by atoms with Crippen molar-refractivity contribution in [2.75, 3.05) is 11.1 Å². The molecule has 8 heteroatoms. The molecular weight excluding hydrogens is 352 g/mol. The van der Waals surface area contributed by atoms with Gasteiger partial charge < -0.3 is 11.1 Å². The number of nitrogens with one attached hydrogen (secondary N) is 1. The highest BCUT2D eigenvalue weighted by atomic mass is 32.2. The smallest absolute Gasteiger partial charge is 0.255 e. The van der Waals surface area contributed by atoms with Crippen LogP contribution >= 0.6 is 0 Å². The molecule has 0 aliphatic carbocycles. The summed E-state index contributed by atoms with van der Waals surface area (Å²) in [5.41, 5.74) is 8.56. The van der Waals surface area contributed by atoms with Crippen molar-refractivity contribution < 1.29 is 13.2 Å². The molecular formula is C18H20N4O3S. The fraction of sp³-hybridized carbons (Fsp3) is 0.222. The number of nitrogens with two attached hydrogens (primary N) is 1. The van der Waals surface area contributed by atoms with Crippen LogP contribution in [0.15, 0.2) is 42.5 Å². The molecule has 0 spiro atoms. The topological polar surface area (TPSA) is 107 Å². The van der Waals surface area contributed by atoms with Gasteiger partial charge in [-0.25, -0.2) is 17.4 Å². The molecule has 0 radical (unpaired) electrons. The zero-order valence-corrected chi connectivity index (χ0v) is 15.5. The number of carbonyl (C=O) groups is 1. The average Bonchev–Trinajstić information content (AvgIpc) is 2.90. The van der Waals surface area contributed by atoms with Crippen LogP contribution in [0.5, 0.6) is 0 Å². The van der Waals surface area contributed by atoms with Gasteiger partial charge in [-0.15, -0.1) is 0 Å². The molecule has 1 aromatic heterocycles. The van der Waals surface area contributed by atoms with E-state index in [1.165, 1.54) is 0 Å². The number of imidazole rings is 1. The Kier molecular flexibility index (Phi) is 4.45. The minimum absolute atomic E-state index is 0.101. The molecule has 7 nitrogen and oxygen atoms in total. The van der Waals surface area contributed by atoms with Crippen LogP contribution in [0.25, 0.3) is 11.0 Å². The van der Waals surface area contributed by atoms with Crippen LogP contribution in [0, 0.1) is 6.92 Å². The number of hydrogen-bond acceptors (Lipinski definition) is 5. The molecule has 0 fully saturated rings. The molecule has 3 N–H and O–H groups in total. The number of nitrogen functional groups attached to an aromatic ring is 1. The van der Waals surface area contributed by atoms with Crippen LogP contribution < -0.4 is 11.1 Å². The van der Waals surface area contributed by atoms with Crippen molar-refractivity contribution in [1.82, 2.24) is 8.96 Å². The van der Waals surface area contributed by atoms with Gasteiger partial charge >= 0.3 is 0 Å². The highest BCUT2D eigenvalue weighted by Crippen LogP contribution is 2.25. The molecule has 3 rings (SSSR count). The summed E-state index contributed by atoms with van der Waals surface area (Å²) in [5.74, 6) is -0.380. The maximum atomic E-state index is 12.6. The van der Waals surface area contributed by atoms with Gasteiger partial charge in [-0.3, -0.25) is 4.79 Å². The molecule has 136 valence electrons. The molecule has 0 saturated carbocycles. The lowest BCUT2D eigenvalue weighted by molar-refractivity contribution is 0.102. The first-order chi connectivity index (χ1) is 12.2. The van der Waals surface area contributed by atoms with Gasteiger partial charge in [0.05, 0.1) is 16.3 Å². The lowest BCUT2D eigenvalue weighted by atomic mass is 10.1. The van der Waals surface area contributed by atoms with Gasteiger partial charge in [0.25, 0.3) is 5.91 Å². The van der Waals surface area contributed by atoms with E-state index < -0.39 is 15.3 Å². The Balaban J connectivity index is 2.03. The minimum atomic E-state index is -3.68. The van der Waals surface area contributed by atoms with E-state index in [4.69, 9.17) is 5.73 Å². The van der Waals surface area contributed by atoms with Crippen LogP contribution in [0.2, 0.25) is 0 Å². The van der Waals surface area contributed by atoms with E-state index in [9.17, 15) is 13.2 Å². The number of aryl methyl sites for hydroxylation is 1. The first-order valence-electron chi connectivity index (χ1n) is 8.10. The van der Waals surface area contributed by atoms with E-state index in [0.29, 0.717) is 22.3 Å². The Morgan fingerprint density at radius 2 is 1.92 bits per heavy atom. The zero-order valence-electron chi connectivity index (χ0n) is 14.7. The standard InChI is InChI=1S/C18H20N4O3S/c1-11(2)26(24,25)22-16-10-14(7-8-15(16)21-18(22)19)20-17(23)13-6-4-5-12(3)9-13/h4-11H,1-3H3,(H2,19,21)(H,20,23). The van der Waals surface area contributed by atoms with E-state index in [1.54, 1.807) is 50.2 Å². The number of amides is 1. The number of benzene rings is 2. The summed E-state index contributed by atoms with van der Waals surface area (Å²) in [6, 6.07) is 12.1. The van der Waals surface area contributed by atoms with E-state index in [-0.39, 0.29) is 11.9 Å². The molecule has 0 unspecified atom stereocenters. The number of fused-ring (bicyclic) bond motifs is 1. The lowest BCUT2D eigenvalue weighted by Crippen LogP contribution is -2.23. The molecule has 1 amide bonds. The van der Waals surface area contributed by atoms with E-state index in [2.05, 4.69) is 10.3 Å². The molecule has 0 saturated heterocycles. The quantitative estimate of drug-likeness (QED) is 0.732. The van der Waals surface area contributed by atoms with Gasteiger partial charge in [0, 0.05) is 11.3 Å².